The molecule has 1 fully saturated rings. The molecule has 1 saturated heterocycles. The van der Waals surface area contributed by atoms with Gasteiger partial charge in [0, 0.05) is 10.6 Å². The highest BCUT2D eigenvalue weighted by Gasteiger charge is 2.17. The minimum Gasteiger partial charge on any atom is -0.378 e. The first-order chi connectivity index (χ1) is 6.38. The third-order valence-electron chi connectivity index (χ3n) is 2.10. The Kier molecular flexibility index (Phi) is 2.76. The van der Waals surface area contributed by atoms with Gasteiger partial charge in [-0.1, -0.05) is 0 Å². The summed E-state index contributed by atoms with van der Waals surface area (Å²) in [6.45, 7) is 1.68. The van der Waals surface area contributed by atoms with Crippen LogP contribution < -0.4 is 5.32 Å². The first kappa shape index (κ1) is 8.91. The van der Waals surface area contributed by atoms with E-state index in [1.807, 2.05) is 0 Å². The highest BCUT2D eigenvalue weighted by Crippen LogP contribution is 2.18. The first-order valence-electron chi connectivity index (χ1n) is 4.37. The molecular formula is C10H13NOS. The Morgan fingerprint density at radius 2 is 2.00 bits per heavy atom. The van der Waals surface area contributed by atoms with Crippen LogP contribution in [0.25, 0.3) is 0 Å². The molecular weight excluding hydrogens is 182 g/mol. The van der Waals surface area contributed by atoms with Crippen LogP contribution in [0.4, 0.5) is 5.69 Å². The summed E-state index contributed by atoms with van der Waals surface area (Å²) in [6.07, 6.45) is 2.09. The summed E-state index contributed by atoms with van der Waals surface area (Å²) in [6, 6.07) is 9.01. The van der Waals surface area contributed by atoms with Crippen LogP contribution in [0.2, 0.25) is 0 Å². The van der Waals surface area contributed by atoms with Crippen LogP contribution in [0.5, 0.6) is 0 Å². The Morgan fingerprint density at radius 1 is 1.31 bits per heavy atom. The topological polar surface area (TPSA) is 21.3 Å². The Labute approximate surface area is 82.7 Å². The predicted molar refractivity (Wildman–Crippen MR) is 56.5 cm³/mol. The number of ether oxygens (including phenoxy) is 1. The van der Waals surface area contributed by atoms with E-state index in [1.54, 1.807) is 11.8 Å². The molecule has 0 bridgehead atoms. The zero-order valence-corrected chi connectivity index (χ0v) is 8.43. The molecule has 2 rings (SSSR count). The number of anilines is 1. The normalized spacial score (nSPS) is 16.7. The summed E-state index contributed by atoms with van der Waals surface area (Å²) in [5.41, 5.74) is 1.19. The van der Waals surface area contributed by atoms with E-state index in [9.17, 15) is 0 Å². The van der Waals surface area contributed by atoms with E-state index in [4.69, 9.17) is 4.74 Å². The lowest BCUT2D eigenvalue weighted by atomic mass is 10.2. The van der Waals surface area contributed by atoms with Crippen LogP contribution in [0, 0.1) is 0 Å². The summed E-state index contributed by atoms with van der Waals surface area (Å²) in [4.78, 5) is 1.30. The second-order valence-electron chi connectivity index (χ2n) is 3.11. The molecule has 0 saturated carbocycles. The van der Waals surface area contributed by atoms with E-state index < -0.39 is 0 Å². The number of nitrogens with one attached hydrogen (secondary N) is 1. The van der Waals surface area contributed by atoms with Crippen LogP contribution in [0.3, 0.4) is 0 Å². The molecule has 0 radical (unpaired) electrons. The van der Waals surface area contributed by atoms with Gasteiger partial charge in [-0.25, -0.2) is 0 Å². The van der Waals surface area contributed by atoms with Crippen molar-refractivity contribution in [3.8, 4) is 0 Å². The summed E-state index contributed by atoms with van der Waals surface area (Å²) >= 11 is 1.76. The second kappa shape index (κ2) is 4.03. The maximum Gasteiger partial charge on any atom is 0.0728 e. The molecule has 1 N–H and O–H groups in total. The smallest absolute Gasteiger partial charge is 0.0728 e. The molecule has 0 amide bonds. The molecule has 0 unspecified atom stereocenters. The monoisotopic (exact) mass is 195 g/mol. The van der Waals surface area contributed by atoms with Crippen LogP contribution in [-0.4, -0.2) is 25.5 Å². The Bertz CT molecular complexity index is 269. The minimum absolute atomic E-state index is 0.514. The predicted octanol–water partition coefficient (Wildman–Crippen LogP) is 2.22. The maximum absolute atomic E-state index is 5.09. The maximum atomic E-state index is 5.09. The third kappa shape index (κ3) is 2.17. The number of hydrogen-bond donors (Lipinski definition) is 1. The standard InChI is InChI=1S/C10H13NOS/c1-13-10-4-2-8(3-5-10)11-9-6-12-7-9/h2-5,9,11H,6-7H2,1H3. The molecule has 1 aliphatic rings. The van der Waals surface area contributed by atoms with Crippen molar-refractivity contribution in [3.05, 3.63) is 24.3 Å². The molecule has 13 heavy (non-hydrogen) atoms. The highest BCUT2D eigenvalue weighted by molar-refractivity contribution is 7.98. The van der Waals surface area contributed by atoms with Gasteiger partial charge in [0.1, 0.15) is 0 Å². The summed E-state index contributed by atoms with van der Waals surface area (Å²) in [5, 5.41) is 3.40. The third-order valence-corrected chi connectivity index (χ3v) is 2.84. The van der Waals surface area contributed by atoms with Crippen LogP contribution in [0.15, 0.2) is 29.2 Å². The van der Waals surface area contributed by atoms with Crippen molar-refractivity contribution in [2.45, 2.75) is 10.9 Å². The molecule has 3 heteroatoms. The molecule has 1 aliphatic heterocycles. The number of hydrogen-bond acceptors (Lipinski definition) is 3. The van der Waals surface area contributed by atoms with Gasteiger partial charge in [-0.15, -0.1) is 11.8 Å². The van der Waals surface area contributed by atoms with E-state index >= 15 is 0 Å². The van der Waals surface area contributed by atoms with Gasteiger partial charge in [0.05, 0.1) is 19.3 Å². The summed E-state index contributed by atoms with van der Waals surface area (Å²) in [7, 11) is 0. The molecule has 2 nitrogen and oxygen atoms in total. The average molecular weight is 195 g/mol. The zero-order chi connectivity index (χ0) is 9.10. The van der Waals surface area contributed by atoms with Crippen molar-refractivity contribution in [2.75, 3.05) is 24.8 Å². The van der Waals surface area contributed by atoms with Gasteiger partial charge < -0.3 is 10.1 Å². The van der Waals surface area contributed by atoms with E-state index in [0.717, 1.165) is 13.2 Å². The van der Waals surface area contributed by atoms with Gasteiger partial charge >= 0.3 is 0 Å². The molecule has 70 valence electrons. The lowest BCUT2D eigenvalue weighted by molar-refractivity contribution is 0.0211. The largest absolute Gasteiger partial charge is 0.378 e. The van der Waals surface area contributed by atoms with E-state index in [-0.39, 0.29) is 0 Å². The summed E-state index contributed by atoms with van der Waals surface area (Å²) in [5.74, 6) is 0. The molecule has 1 aromatic rings. The van der Waals surface area contributed by atoms with E-state index in [0.29, 0.717) is 6.04 Å². The molecule has 0 aromatic heterocycles. The molecule has 1 aromatic carbocycles. The lowest BCUT2D eigenvalue weighted by Gasteiger charge is -2.27. The molecule has 0 spiro atoms. The van der Waals surface area contributed by atoms with Crippen molar-refractivity contribution in [1.29, 1.82) is 0 Å². The van der Waals surface area contributed by atoms with Crippen molar-refractivity contribution in [3.63, 3.8) is 0 Å². The Hall–Kier alpha value is -0.670. The average Bonchev–Trinajstić information content (AvgIpc) is 2.12. The molecule has 0 aliphatic carbocycles. The van der Waals surface area contributed by atoms with Crippen molar-refractivity contribution in [2.24, 2.45) is 0 Å². The van der Waals surface area contributed by atoms with Crippen LogP contribution >= 0.6 is 11.8 Å². The van der Waals surface area contributed by atoms with E-state index in [2.05, 4.69) is 35.8 Å². The first-order valence-corrected chi connectivity index (χ1v) is 5.59. The lowest BCUT2D eigenvalue weighted by Crippen LogP contribution is -2.40. The van der Waals surface area contributed by atoms with Crippen LogP contribution in [0.1, 0.15) is 0 Å². The number of benzene rings is 1. The van der Waals surface area contributed by atoms with Gasteiger partial charge in [0.2, 0.25) is 0 Å². The summed E-state index contributed by atoms with van der Waals surface area (Å²) < 4.78 is 5.09. The number of rotatable bonds is 3. The van der Waals surface area contributed by atoms with Crippen molar-refractivity contribution < 1.29 is 4.74 Å². The van der Waals surface area contributed by atoms with Crippen molar-refractivity contribution in [1.82, 2.24) is 0 Å². The fraction of sp³-hybridized carbons (Fsp3) is 0.400. The Balaban J connectivity index is 1.96. The van der Waals surface area contributed by atoms with E-state index in [1.165, 1.54) is 10.6 Å². The van der Waals surface area contributed by atoms with Gasteiger partial charge in [0.15, 0.2) is 0 Å². The van der Waals surface area contributed by atoms with Gasteiger partial charge in [-0.05, 0) is 30.5 Å². The SMILES string of the molecule is CSc1ccc(NC2COC2)cc1. The second-order valence-corrected chi connectivity index (χ2v) is 3.99. The fourth-order valence-corrected chi connectivity index (χ4v) is 1.65. The van der Waals surface area contributed by atoms with Gasteiger partial charge in [-0.3, -0.25) is 0 Å². The zero-order valence-electron chi connectivity index (χ0n) is 7.62. The fourth-order valence-electron chi connectivity index (χ4n) is 1.24. The van der Waals surface area contributed by atoms with Crippen molar-refractivity contribution >= 4 is 17.4 Å². The minimum atomic E-state index is 0.514. The quantitative estimate of drug-likeness (QED) is 0.747. The molecule has 0 atom stereocenters. The van der Waals surface area contributed by atoms with Gasteiger partial charge in [0.25, 0.3) is 0 Å². The number of thioether (sulfide) groups is 1. The highest BCUT2D eigenvalue weighted by atomic mass is 32.2. The Morgan fingerprint density at radius 3 is 2.46 bits per heavy atom. The molecule has 1 heterocycles. The van der Waals surface area contributed by atoms with Crippen LogP contribution in [-0.2, 0) is 4.74 Å². The van der Waals surface area contributed by atoms with Gasteiger partial charge in [-0.2, -0.15) is 0 Å².